The molecule has 2 aromatic rings. The molecule has 6 heteroatoms. The Morgan fingerprint density at radius 2 is 2.19 bits per heavy atom. The fraction of sp³-hybridized carbons (Fsp3) is 0.400. The minimum atomic E-state index is 0.398. The quantitative estimate of drug-likeness (QED) is 0.761. The maximum absolute atomic E-state index is 6.24. The summed E-state index contributed by atoms with van der Waals surface area (Å²) in [6.45, 7) is 2.53. The summed E-state index contributed by atoms with van der Waals surface area (Å²) in [7, 11) is 3.56. The zero-order valence-electron chi connectivity index (χ0n) is 12.3. The normalized spacial score (nSPS) is 10.8. The second-order valence-corrected chi connectivity index (χ2v) is 5.07. The molecular formula is C15H20ClN3O2. The number of hydrogen-bond donors (Lipinski definition) is 1. The summed E-state index contributed by atoms with van der Waals surface area (Å²) in [4.78, 5) is 0. The Morgan fingerprint density at radius 1 is 1.33 bits per heavy atom. The van der Waals surface area contributed by atoms with E-state index in [1.807, 2.05) is 37.5 Å². The summed E-state index contributed by atoms with van der Waals surface area (Å²) < 4.78 is 12.6. The number of para-hydroxylation sites is 1. The van der Waals surface area contributed by atoms with Gasteiger partial charge < -0.3 is 14.8 Å². The van der Waals surface area contributed by atoms with Crippen molar-refractivity contribution in [2.45, 2.75) is 13.2 Å². The lowest BCUT2D eigenvalue weighted by molar-refractivity contribution is 0.199. The zero-order chi connectivity index (χ0) is 15.1. The topological polar surface area (TPSA) is 48.3 Å². The molecule has 2 rings (SSSR count). The fourth-order valence-electron chi connectivity index (χ4n) is 1.94. The number of nitrogens with one attached hydrogen (secondary N) is 1. The van der Waals surface area contributed by atoms with Crippen LogP contribution in [0, 0.1) is 0 Å². The van der Waals surface area contributed by atoms with Crippen LogP contribution in [0.15, 0.2) is 30.5 Å². The Morgan fingerprint density at radius 3 is 2.90 bits per heavy atom. The van der Waals surface area contributed by atoms with E-state index in [2.05, 4.69) is 10.4 Å². The van der Waals surface area contributed by atoms with E-state index in [9.17, 15) is 0 Å². The van der Waals surface area contributed by atoms with Crippen molar-refractivity contribution in [3.63, 3.8) is 0 Å². The van der Waals surface area contributed by atoms with Gasteiger partial charge >= 0.3 is 0 Å². The molecule has 1 aromatic carbocycles. The molecule has 0 unspecified atom stereocenters. The predicted octanol–water partition coefficient (Wildman–Crippen LogP) is 2.39. The van der Waals surface area contributed by atoms with Crippen LogP contribution in [0.25, 0.3) is 0 Å². The summed E-state index contributed by atoms with van der Waals surface area (Å²) in [5.74, 6) is 0.703. The van der Waals surface area contributed by atoms with Gasteiger partial charge in [-0.05, 0) is 12.1 Å². The average Bonchev–Trinajstić information content (AvgIpc) is 2.88. The molecule has 114 valence electrons. The highest BCUT2D eigenvalue weighted by Gasteiger charge is 2.09. The molecule has 0 saturated carbocycles. The number of nitrogens with zero attached hydrogens (tertiary/aromatic N) is 2. The van der Waals surface area contributed by atoms with Gasteiger partial charge in [-0.25, -0.2) is 0 Å². The smallest absolute Gasteiger partial charge is 0.142 e. The largest absolute Gasteiger partial charge is 0.485 e. The van der Waals surface area contributed by atoms with E-state index in [1.54, 1.807) is 11.8 Å². The highest BCUT2D eigenvalue weighted by atomic mass is 35.5. The van der Waals surface area contributed by atoms with E-state index in [1.165, 1.54) is 0 Å². The van der Waals surface area contributed by atoms with E-state index in [4.69, 9.17) is 21.1 Å². The van der Waals surface area contributed by atoms with E-state index < -0.39 is 0 Å². The average molecular weight is 310 g/mol. The Bertz CT molecular complexity index is 572. The van der Waals surface area contributed by atoms with Crippen molar-refractivity contribution < 1.29 is 9.47 Å². The van der Waals surface area contributed by atoms with Crippen LogP contribution >= 0.6 is 11.6 Å². The van der Waals surface area contributed by atoms with E-state index in [0.717, 1.165) is 17.8 Å². The molecule has 0 amide bonds. The minimum Gasteiger partial charge on any atom is -0.485 e. The molecule has 1 aromatic heterocycles. The summed E-state index contributed by atoms with van der Waals surface area (Å²) in [6.07, 6.45) is 1.89. The third-order valence-electron chi connectivity index (χ3n) is 2.98. The van der Waals surface area contributed by atoms with Gasteiger partial charge in [0.25, 0.3) is 0 Å². The van der Waals surface area contributed by atoms with Gasteiger partial charge in [-0.15, -0.1) is 0 Å². The van der Waals surface area contributed by atoms with Crippen LogP contribution in [0.5, 0.6) is 5.75 Å². The van der Waals surface area contributed by atoms with Gasteiger partial charge in [0, 0.05) is 39.0 Å². The maximum atomic E-state index is 6.24. The Kier molecular flexibility index (Phi) is 6.04. The number of aryl methyl sites for hydroxylation is 1. The molecular weight excluding hydrogens is 290 g/mol. The molecule has 1 N–H and O–H groups in total. The summed E-state index contributed by atoms with van der Waals surface area (Å²) in [6, 6.07) is 7.67. The molecule has 21 heavy (non-hydrogen) atoms. The third kappa shape index (κ3) is 4.74. The fourth-order valence-corrected chi connectivity index (χ4v) is 2.19. The summed E-state index contributed by atoms with van der Waals surface area (Å²) in [5, 5.41) is 8.19. The van der Waals surface area contributed by atoms with Crippen LogP contribution in [0.3, 0.4) is 0 Å². The second kappa shape index (κ2) is 8.02. The SMILES string of the molecule is COCCNCc1cccc(Cl)c1OCc1ccn(C)n1. The first-order valence-electron chi connectivity index (χ1n) is 6.79. The van der Waals surface area contributed by atoms with Crippen molar-refractivity contribution in [1.82, 2.24) is 15.1 Å². The molecule has 0 radical (unpaired) electrons. The van der Waals surface area contributed by atoms with Crippen molar-refractivity contribution in [2.24, 2.45) is 7.05 Å². The maximum Gasteiger partial charge on any atom is 0.142 e. The highest BCUT2D eigenvalue weighted by Crippen LogP contribution is 2.29. The zero-order valence-corrected chi connectivity index (χ0v) is 13.1. The number of rotatable bonds is 8. The molecule has 5 nitrogen and oxygen atoms in total. The van der Waals surface area contributed by atoms with E-state index >= 15 is 0 Å². The van der Waals surface area contributed by atoms with Crippen molar-refractivity contribution in [3.8, 4) is 5.75 Å². The van der Waals surface area contributed by atoms with Gasteiger partial charge in [-0.3, -0.25) is 4.68 Å². The van der Waals surface area contributed by atoms with Crippen LogP contribution in [-0.4, -0.2) is 30.0 Å². The van der Waals surface area contributed by atoms with Gasteiger partial charge in [0.05, 0.1) is 17.3 Å². The highest BCUT2D eigenvalue weighted by molar-refractivity contribution is 6.32. The third-order valence-corrected chi connectivity index (χ3v) is 3.28. The number of benzene rings is 1. The number of halogens is 1. The van der Waals surface area contributed by atoms with E-state index in [-0.39, 0.29) is 0 Å². The molecule has 0 aliphatic rings. The van der Waals surface area contributed by atoms with Crippen LogP contribution in [0.2, 0.25) is 5.02 Å². The van der Waals surface area contributed by atoms with Crippen LogP contribution in [-0.2, 0) is 24.9 Å². The molecule has 0 aliphatic carbocycles. The van der Waals surface area contributed by atoms with Crippen LogP contribution in [0.4, 0.5) is 0 Å². The van der Waals surface area contributed by atoms with Gasteiger partial charge in [0.15, 0.2) is 0 Å². The van der Waals surface area contributed by atoms with Crippen LogP contribution in [0.1, 0.15) is 11.3 Å². The number of aromatic nitrogens is 2. The number of methoxy groups -OCH3 is 1. The Hall–Kier alpha value is -1.56. The molecule has 0 atom stereocenters. The lowest BCUT2D eigenvalue weighted by atomic mass is 10.2. The standard InChI is InChI=1S/C15H20ClN3O2/c1-19-8-6-13(18-19)11-21-15-12(4-3-5-14(15)16)10-17-7-9-20-2/h3-6,8,17H,7,9-11H2,1-2H3. The lowest BCUT2D eigenvalue weighted by Gasteiger charge is -2.13. The first-order valence-corrected chi connectivity index (χ1v) is 7.17. The molecule has 0 spiro atoms. The van der Waals surface area contributed by atoms with Crippen molar-refractivity contribution in [2.75, 3.05) is 20.3 Å². The summed E-state index contributed by atoms with van der Waals surface area (Å²) >= 11 is 6.24. The van der Waals surface area contributed by atoms with Crippen molar-refractivity contribution in [1.29, 1.82) is 0 Å². The first kappa shape index (κ1) is 15.8. The van der Waals surface area contributed by atoms with Crippen molar-refractivity contribution >= 4 is 11.6 Å². The molecule has 0 aliphatic heterocycles. The Labute approximate surface area is 129 Å². The molecule has 1 heterocycles. The van der Waals surface area contributed by atoms with Crippen LogP contribution < -0.4 is 10.1 Å². The second-order valence-electron chi connectivity index (χ2n) is 4.67. The minimum absolute atomic E-state index is 0.398. The number of ether oxygens (including phenoxy) is 2. The predicted molar refractivity (Wildman–Crippen MR) is 82.6 cm³/mol. The Balaban J connectivity index is 1.99. The molecule has 0 fully saturated rings. The molecule has 0 bridgehead atoms. The van der Waals surface area contributed by atoms with Gasteiger partial charge in [0.2, 0.25) is 0 Å². The monoisotopic (exact) mass is 309 g/mol. The van der Waals surface area contributed by atoms with Gasteiger partial charge in [-0.2, -0.15) is 5.10 Å². The summed E-state index contributed by atoms with van der Waals surface area (Å²) in [5.41, 5.74) is 1.89. The van der Waals surface area contributed by atoms with E-state index in [0.29, 0.717) is 30.5 Å². The van der Waals surface area contributed by atoms with Gasteiger partial charge in [-0.1, -0.05) is 23.7 Å². The first-order chi connectivity index (χ1) is 10.2. The van der Waals surface area contributed by atoms with Gasteiger partial charge in [0.1, 0.15) is 12.4 Å². The molecule has 0 saturated heterocycles. The number of hydrogen-bond acceptors (Lipinski definition) is 4. The van der Waals surface area contributed by atoms with Crippen molar-refractivity contribution in [3.05, 3.63) is 46.7 Å². The lowest BCUT2D eigenvalue weighted by Crippen LogP contribution is -2.19.